The number of nitrogens with one attached hydrogen (secondary N) is 2. The van der Waals surface area contributed by atoms with Gasteiger partial charge in [0.2, 0.25) is 17.7 Å². The zero-order chi connectivity index (χ0) is 13.5. The molecular weight excluding hydrogens is 256 g/mol. The Hall–Kier alpha value is -1.40. The van der Waals surface area contributed by atoms with Gasteiger partial charge in [0.15, 0.2) is 0 Å². The number of nitrogens with zero attached hydrogens (tertiary/aromatic N) is 2. The summed E-state index contributed by atoms with van der Waals surface area (Å²) in [7, 11) is 1.47. The van der Waals surface area contributed by atoms with Crippen LogP contribution in [0.3, 0.4) is 0 Å². The lowest BCUT2D eigenvalue weighted by Crippen LogP contribution is -2.30. The van der Waals surface area contributed by atoms with Crippen LogP contribution in [0.2, 0.25) is 5.15 Å². The third-order valence-corrected chi connectivity index (χ3v) is 2.37. The molecular formula is C11H17ClN4O2. The number of hydrogen-bond acceptors (Lipinski definition) is 5. The van der Waals surface area contributed by atoms with Gasteiger partial charge in [0.25, 0.3) is 0 Å². The van der Waals surface area contributed by atoms with E-state index in [1.165, 1.54) is 13.2 Å². The summed E-state index contributed by atoms with van der Waals surface area (Å²) in [5.74, 6) is 0.283. The molecule has 2 N–H and O–H groups in total. The Bertz CT molecular complexity index is 414. The lowest BCUT2D eigenvalue weighted by molar-refractivity contribution is -0.116. The number of aromatic nitrogens is 2. The molecule has 0 spiro atoms. The monoisotopic (exact) mass is 272 g/mol. The minimum atomic E-state index is -0.173. The van der Waals surface area contributed by atoms with Crippen LogP contribution >= 0.6 is 11.6 Å². The summed E-state index contributed by atoms with van der Waals surface area (Å²) in [4.78, 5) is 19.6. The molecule has 1 atom stereocenters. The van der Waals surface area contributed by atoms with Crippen LogP contribution in [-0.2, 0) is 4.79 Å². The van der Waals surface area contributed by atoms with Crippen LogP contribution in [0.4, 0.5) is 5.95 Å². The summed E-state index contributed by atoms with van der Waals surface area (Å²) in [5, 5.41) is 5.94. The zero-order valence-electron chi connectivity index (χ0n) is 10.7. The van der Waals surface area contributed by atoms with E-state index in [0.717, 1.165) is 6.54 Å². The van der Waals surface area contributed by atoms with Crippen molar-refractivity contribution in [3.05, 3.63) is 11.2 Å². The molecule has 7 heteroatoms. The molecule has 0 aromatic carbocycles. The second kappa shape index (κ2) is 7.13. The van der Waals surface area contributed by atoms with Crippen LogP contribution in [0.1, 0.15) is 20.3 Å². The SMILES string of the molecule is CCNC(C)CC(=O)Nc1nc(Cl)cc(OC)n1. The first-order valence-corrected chi connectivity index (χ1v) is 6.04. The maximum absolute atomic E-state index is 11.7. The number of rotatable bonds is 6. The average Bonchev–Trinajstić information content (AvgIpc) is 2.27. The molecule has 1 aromatic heterocycles. The third kappa shape index (κ3) is 4.85. The fourth-order valence-electron chi connectivity index (χ4n) is 1.43. The second-order valence-electron chi connectivity index (χ2n) is 3.77. The van der Waals surface area contributed by atoms with Crippen molar-refractivity contribution < 1.29 is 9.53 Å². The molecule has 1 aromatic rings. The van der Waals surface area contributed by atoms with Gasteiger partial charge in [-0.2, -0.15) is 4.98 Å². The predicted octanol–water partition coefficient (Wildman–Crippen LogP) is 1.47. The van der Waals surface area contributed by atoms with Gasteiger partial charge in [0, 0.05) is 18.5 Å². The second-order valence-corrected chi connectivity index (χ2v) is 4.15. The van der Waals surface area contributed by atoms with Gasteiger partial charge in [-0.05, 0) is 13.5 Å². The highest BCUT2D eigenvalue weighted by atomic mass is 35.5. The van der Waals surface area contributed by atoms with Crippen LogP contribution in [-0.4, -0.2) is 35.6 Å². The molecule has 18 heavy (non-hydrogen) atoms. The third-order valence-electron chi connectivity index (χ3n) is 2.18. The van der Waals surface area contributed by atoms with Crippen LogP contribution in [0.25, 0.3) is 0 Å². The number of amides is 1. The number of hydrogen-bond donors (Lipinski definition) is 2. The van der Waals surface area contributed by atoms with Crippen molar-refractivity contribution in [3.63, 3.8) is 0 Å². The maximum atomic E-state index is 11.7. The van der Waals surface area contributed by atoms with Gasteiger partial charge >= 0.3 is 0 Å². The molecule has 0 bridgehead atoms. The van der Waals surface area contributed by atoms with Gasteiger partial charge in [-0.3, -0.25) is 10.1 Å². The smallest absolute Gasteiger partial charge is 0.234 e. The van der Waals surface area contributed by atoms with E-state index in [1.807, 2.05) is 13.8 Å². The lowest BCUT2D eigenvalue weighted by Gasteiger charge is -2.11. The van der Waals surface area contributed by atoms with Crippen LogP contribution in [0.5, 0.6) is 5.88 Å². The molecule has 0 aliphatic carbocycles. The quantitative estimate of drug-likeness (QED) is 0.767. The van der Waals surface area contributed by atoms with Crippen LogP contribution in [0, 0.1) is 0 Å². The van der Waals surface area contributed by atoms with Crippen molar-refractivity contribution in [3.8, 4) is 5.88 Å². The first-order valence-electron chi connectivity index (χ1n) is 5.67. The number of ether oxygens (including phenoxy) is 1. The summed E-state index contributed by atoms with van der Waals surface area (Å²) in [6.07, 6.45) is 0.339. The Balaban J connectivity index is 2.61. The number of halogens is 1. The number of carbonyl (C=O) groups is 1. The molecule has 1 unspecified atom stereocenters. The Morgan fingerprint density at radius 2 is 2.28 bits per heavy atom. The van der Waals surface area contributed by atoms with Crippen molar-refractivity contribution in [2.45, 2.75) is 26.3 Å². The fraction of sp³-hybridized carbons (Fsp3) is 0.545. The topological polar surface area (TPSA) is 76.1 Å². The van der Waals surface area contributed by atoms with Crippen molar-refractivity contribution in [2.24, 2.45) is 0 Å². The van der Waals surface area contributed by atoms with Crippen molar-refractivity contribution >= 4 is 23.5 Å². The number of carbonyl (C=O) groups excluding carboxylic acids is 1. The highest BCUT2D eigenvalue weighted by Gasteiger charge is 2.11. The van der Waals surface area contributed by atoms with E-state index < -0.39 is 0 Å². The summed E-state index contributed by atoms with van der Waals surface area (Å²) in [6, 6.07) is 1.56. The van der Waals surface area contributed by atoms with Crippen molar-refractivity contribution in [2.75, 3.05) is 19.0 Å². The zero-order valence-corrected chi connectivity index (χ0v) is 11.4. The minimum Gasteiger partial charge on any atom is -0.481 e. The molecule has 1 amide bonds. The summed E-state index contributed by atoms with van der Waals surface area (Å²) >= 11 is 5.77. The number of methoxy groups -OCH3 is 1. The lowest BCUT2D eigenvalue weighted by atomic mass is 10.2. The molecule has 1 rings (SSSR count). The highest BCUT2D eigenvalue weighted by molar-refractivity contribution is 6.29. The molecule has 0 aliphatic rings. The first kappa shape index (κ1) is 14.7. The number of anilines is 1. The molecule has 0 saturated heterocycles. The predicted molar refractivity (Wildman–Crippen MR) is 70.0 cm³/mol. The molecule has 0 radical (unpaired) electrons. The Kier molecular flexibility index (Phi) is 5.80. The standard InChI is InChI=1S/C11H17ClN4O2/c1-4-13-7(2)5-9(17)15-11-14-8(12)6-10(16-11)18-3/h6-7,13H,4-5H2,1-3H3,(H,14,15,16,17). The van der Waals surface area contributed by atoms with Gasteiger partial charge in [-0.1, -0.05) is 18.5 Å². The van der Waals surface area contributed by atoms with Gasteiger partial charge in [-0.15, -0.1) is 0 Å². The summed E-state index contributed by atoms with van der Waals surface area (Å²) in [6.45, 7) is 4.73. The average molecular weight is 273 g/mol. The summed E-state index contributed by atoms with van der Waals surface area (Å²) in [5.41, 5.74) is 0. The molecule has 0 aliphatic heterocycles. The minimum absolute atomic E-state index is 0.0936. The Labute approximate surface area is 111 Å². The van der Waals surface area contributed by atoms with E-state index in [2.05, 4.69) is 20.6 Å². The van der Waals surface area contributed by atoms with E-state index in [1.54, 1.807) is 0 Å². The van der Waals surface area contributed by atoms with Crippen molar-refractivity contribution in [1.29, 1.82) is 0 Å². The maximum Gasteiger partial charge on any atom is 0.234 e. The fourth-order valence-corrected chi connectivity index (χ4v) is 1.61. The molecule has 0 saturated carbocycles. The van der Waals surface area contributed by atoms with Crippen LogP contribution in [0.15, 0.2) is 6.07 Å². The molecule has 0 fully saturated rings. The van der Waals surface area contributed by atoms with E-state index in [9.17, 15) is 4.79 Å². The van der Waals surface area contributed by atoms with E-state index >= 15 is 0 Å². The first-order chi connectivity index (χ1) is 8.55. The summed E-state index contributed by atoms with van der Waals surface area (Å²) < 4.78 is 4.94. The van der Waals surface area contributed by atoms with Gasteiger partial charge in [-0.25, -0.2) is 4.98 Å². The van der Waals surface area contributed by atoms with Crippen LogP contribution < -0.4 is 15.4 Å². The van der Waals surface area contributed by atoms with E-state index in [-0.39, 0.29) is 23.1 Å². The van der Waals surface area contributed by atoms with Gasteiger partial charge in [0.1, 0.15) is 5.15 Å². The van der Waals surface area contributed by atoms with Gasteiger partial charge in [0.05, 0.1) is 7.11 Å². The van der Waals surface area contributed by atoms with Gasteiger partial charge < -0.3 is 10.1 Å². The molecule has 100 valence electrons. The Morgan fingerprint density at radius 3 is 2.89 bits per heavy atom. The normalized spacial score (nSPS) is 12.0. The molecule has 1 heterocycles. The van der Waals surface area contributed by atoms with Crippen molar-refractivity contribution in [1.82, 2.24) is 15.3 Å². The van der Waals surface area contributed by atoms with E-state index in [0.29, 0.717) is 12.3 Å². The highest BCUT2D eigenvalue weighted by Crippen LogP contribution is 2.15. The Morgan fingerprint density at radius 1 is 1.56 bits per heavy atom. The van der Waals surface area contributed by atoms with E-state index in [4.69, 9.17) is 16.3 Å². The molecule has 6 nitrogen and oxygen atoms in total. The largest absolute Gasteiger partial charge is 0.481 e.